The maximum Gasteiger partial charge on any atom is 0.327 e. The number of para-hydroxylation sites is 1. The normalized spacial score (nSPS) is 11.8. The average molecular weight is 310 g/mol. The highest BCUT2D eigenvalue weighted by molar-refractivity contribution is 5.81. The number of hydrogen-bond donors (Lipinski definition) is 3. The van der Waals surface area contributed by atoms with E-state index in [0.29, 0.717) is 6.54 Å². The van der Waals surface area contributed by atoms with E-state index in [9.17, 15) is 4.79 Å². The molecule has 0 saturated heterocycles. The highest BCUT2D eigenvalue weighted by Gasteiger charge is 2.24. The van der Waals surface area contributed by atoms with Crippen molar-refractivity contribution < 1.29 is 0 Å². The Bertz CT molecular complexity index is 862. The van der Waals surface area contributed by atoms with Gasteiger partial charge in [-0.15, -0.1) is 0 Å². The first-order chi connectivity index (χ1) is 11.0. The van der Waals surface area contributed by atoms with Gasteiger partial charge < -0.3 is 15.6 Å². The van der Waals surface area contributed by atoms with Crippen LogP contribution in [0.25, 0.3) is 11.0 Å². The fourth-order valence-electron chi connectivity index (χ4n) is 2.99. The van der Waals surface area contributed by atoms with Gasteiger partial charge >= 0.3 is 5.69 Å². The Balaban J connectivity index is 2.01. The van der Waals surface area contributed by atoms with Crippen molar-refractivity contribution in [2.45, 2.75) is 19.4 Å². The quantitative estimate of drug-likeness (QED) is 0.679. The summed E-state index contributed by atoms with van der Waals surface area (Å²) in [6, 6.07) is 15.9. The molecule has 5 heteroatoms. The molecule has 0 unspecified atom stereocenters. The molecule has 0 amide bonds. The van der Waals surface area contributed by atoms with Crippen molar-refractivity contribution in [3.05, 3.63) is 59.0 Å². The van der Waals surface area contributed by atoms with E-state index in [1.165, 1.54) is 0 Å². The maximum absolute atomic E-state index is 12.4. The van der Waals surface area contributed by atoms with E-state index in [2.05, 4.69) is 15.6 Å². The van der Waals surface area contributed by atoms with E-state index in [0.717, 1.165) is 22.4 Å². The van der Waals surface area contributed by atoms with Crippen LogP contribution in [-0.2, 0) is 5.54 Å². The molecule has 0 fully saturated rings. The molecule has 0 saturated carbocycles. The van der Waals surface area contributed by atoms with E-state index in [-0.39, 0.29) is 11.2 Å². The summed E-state index contributed by atoms with van der Waals surface area (Å²) in [4.78, 5) is 15.3. The lowest BCUT2D eigenvalue weighted by molar-refractivity contribution is 0.344. The lowest BCUT2D eigenvalue weighted by Gasteiger charge is -2.26. The molecule has 0 atom stereocenters. The summed E-state index contributed by atoms with van der Waals surface area (Å²) in [5.41, 5.74) is 3.32. The van der Waals surface area contributed by atoms with Gasteiger partial charge in [-0.05, 0) is 51.2 Å². The molecular weight excluding hydrogens is 288 g/mol. The standard InChI is InChI=1S/C18H22N4O/c1-18(2,12-19-3)22-16-10-9-14(11-15(16)21-17(22)23)20-13-7-5-4-6-8-13/h4-11,19-20H,12H2,1-3H3,(H,21,23). The van der Waals surface area contributed by atoms with Gasteiger partial charge in [-0.1, -0.05) is 18.2 Å². The number of aromatic nitrogens is 2. The van der Waals surface area contributed by atoms with Crippen LogP contribution in [0.2, 0.25) is 0 Å². The predicted molar refractivity (Wildman–Crippen MR) is 95.5 cm³/mol. The van der Waals surface area contributed by atoms with Crippen LogP contribution in [0.4, 0.5) is 11.4 Å². The van der Waals surface area contributed by atoms with E-state index in [4.69, 9.17) is 0 Å². The number of anilines is 2. The van der Waals surface area contributed by atoms with Crippen LogP contribution < -0.4 is 16.3 Å². The third-order valence-corrected chi connectivity index (χ3v) is 3.96. The first-order valence-corrected chi connectivity index (χ1v) is 7.73. The minimum Gasteiger partial charge on any atom is -0.355 e. The number of likely N-dealkylation sites (N-methyl/N-ethyl adjacent to an activating group) is 1. The first-order valence-electron chi connectivity index (χ1n) is 7.73. The molecular formula is C18H22N4O. The number of nitrogens with one attached hydrogen (secondary N) is 3. The van der Waals surface area contributed by atoms with Crippen molar-refractivity contribution >= 4 is 22.4 Å². The summed E-state index contributed by atoms with van der Waals surface area (Å²) in [5, 5.41) is 6.49. The van der Waals surface area contributed by atoms with Crippen LogP contribution in [0.5, 0.6) is 0 Å². The van der Waals surface area contributed by atoms with E-state index < -0.39 is 0 Å². The van der Waals surface area contributed by atoms with Crippen molar-refractivity contribution in [2.75, 3.05) is 18.9 Å². The monoisotopic (exact) mass is 310 g/mol. The van der Waals surface area contributed by atoms with Crippen LogP contribution in [-0.4, -0.2) is 23.1 Å². The molecule has 0 radical (unpaired) electrons. The molecule has 0 aliphatic heterocycles. The molecule has 1 heterocycles. The van der Waals surface area contributed by atoms with Gasteiger partial charge in [0.05, 0.1) is 16.6 Å². The Morgan fingerprint density at radius 1 is 1.09 bits per heavy atom. The first kappa shape index (κ1) is 15.4. The molecule has 120 valence electrons. The summed E-state index contributed by atoms with van der Waals surface area (Å²) in [5.74, 6) is 0. The lowest BCUT2D eigenvalue weighted by Crippen LogP contribution is -2.41. The molecule has 1 aromatic heterocycles. The summed E-state index contributed by atoms with van der Waals surface area (Å²) >= 11 is 0. The maximum atomic E-state index is 12.4. The van der Waals surface area contributed by atoms with Crippen molar-refractivity contribution in [3.8, 4) is 0 Å². The SMILES string of the molecule is CNCC(C)(C)n1c(=O)[nH]c2cc(Nc3ccccc3)ccc21. The topological polar surface area (TPSA) is 61.9 Å². The highest BCUT2D eigenvalue weighted by Crippen LogP contribution is 2.24. The molecule has 3 rings (SSSR count). The number of fused-ring (bicyclic) bond motifs is 1. The van der Waals surface area contributed by atoms with Crippen molar-refractivity contribution in [1.29, 1.82) is 0 Å². The number of imidazole rings is 1. The number of benzene rings is 2. The second-order valence-electron chi connectivity index (χ2n) is 6.33. The molecule has 0 aliphatic carbocycles. The van der Waals surface area contributed by atoms with Crippen LogP contribution in [0.1, 0.15) is 13.8 Å². The Morgan fingerprint density at radius 3 is 2.52 bits per heavy atom. The largest absolute Gasteiger partial charge is 0.355 e. The van der Waals surface area contributed by atoms with Crippen LogP contribution in [0.15, 0.2) is 53.3 Å². The number of H-pyrrole nitrogens is 1. The van der Waals surface area contributed by atoms with Crippen molar-refractivity contribution in [2.24, 2.45) is 0 Å². The molecule has 23 heavy (non-hydrogen) atoms. The van der Waals surface area contributed by atoms with Gasteiger partial charge in [0.15, 0.2) is 0 Å². The second kappa shape index (κ2) is 5.93. The second-order valence-corrected chi connectivity index (χ2v) is 6.33. The van der Waals surface area contributed by atoms with E-state index in [1.54, 1.807) is 0 Å². The predicted octanol–water partition coefficient (Wildman–Crippen LogP) is 3.03. The van der Waals surface area contributed by atoms with Crippen molar-refractivity contribution in [1.82, 2.24) is 14.9 Å². The zero-order valence-electron chi connectivity index (χ0n) is 13.7. The zero-order chi connectivity index (χ0) is 16.4. The van der Waals surface area contributed by atoms with Crippen LogP contribution in [0, 0.1) is 0 Å². The van der Waals surface area contributed by atoms with Gasteiger partial charge in [0, 0.05) is 17.9 Å². The van der Waals surface area contributed by atoms with Gasteiger partial charge in [0.1, 0.15) is 0 Å². The lowest BCUT2D eigenvalue weighted by atomic mass is 10.1. The Kier molecular flexibility index (Phi) is 3.96. The summed E-state index contributed by atoms with van der Waals surface area (Å²) < 4.78 is 1.81. The third kappa shape index (κ3) is 3.00. The third-order valence-electron chi connectivity index (χ3n) is 3.96. The Labute approximate surface area is 135 Å². The van der Waals surface area contributed by atoms with Crippen LogP contribution in [0.3, 0.4) is 0 Å². The van der Waals surface area contributed by atoms with Gasteiger partial charge in [0.25, 0.3) is 0 Å². The van der Waals surface area contributed by atoms with E-state index >= 15 is 0 Å². The number of hydrogen-bond acceptors (Lipinski definition) is 3. The molecule has 5 nitrogen and oxygen atoms in total. The minimum atomic E-state index is -0.307. The molecule has 0 aliphatic rings. The smallest absolute Gasteiger partial charge is 0.327 e. The van der Waals surface area contributed by atoms with Crippen molar-refractivity contribution in [3.63, 3.8) is 0 Å². The van der Waals surface area contributed by atoms with Gasteiger partial charge in [-0.2, -0.15) is 0 Å². The van der Waals surface area contributed by atoms with Gasteiger partial charge in [-0.25, -0.2) is 4.79 Å². The molecule has 3 aromatic rings. The molecule has 3 N–H and O–H groups in total. The van der Waals surface area contributed by atoms with Gasteiger partial charge in [0.2, 0.25) is 0 Å². The Hall–Kier alpha value is -2.53. The summed E-state index contributed by atoms with van der Waals surface area (Å²) in [6.45, 7) is 4.81. The average Bonchev–Trinajstić information content (AvgIpc) is 2.84. The van der Waals surface area contributed by atoms with Crippen LogP contribution >= 0.6 is 0 Å². The van der Waals surface area contributed by atoms with E-state index in [1.807, 2.05) is 74.0 Å². The molecule has 0 spiro atoms. The Morgan fingerprint density at radius 2 is 1.83 bits per heavy atom. The minimum absolute atomic E-state index is 0.0860. The molecule has 2 aromatic carbocycles. The fraction of sp³-hybridized carbons (Fsp3) is 0.278. The number of rotatable bonds is 5. The fourth-order valence-corrected chi connectivity index (χ4v) is 2.99. The summed E-state index contributed by atoms with van der Waals surface area (Å²) in [7, 11) is 1.89. The number of nitrogens with zero attached hydrogens (tertiary/aromatic N) is 1. The summed E-state index contributed by atoms with van der Waals surface area (Å²) in [6.07, 6.45) is 0. The van der Waals surface area contributed by atoms with Gasteiger partial charge in [-0.3, -0.25) is 4.57 Å². The highest BCUT2D eigenvalue weighted by atomic mass is 16.1. The number of aromatic amines is 1. The molecule has 0 bridgehead atoms. The zero-order valence-corrected chi connectivity index (χ0v) is 13.7.